The average molecular weight is 363 g/mol. The number of amides is 1. The summed E-state index contributed by atoms with van der Waals surface area (Å²) >= 11 is 6.00. The second-order valence-electron chi connectivity index (χ2n) is 5.33. The standard InChI is InChI=1S/C18H13ClF2N2O2/c19-16-9-13(21)5-6-14(16)17-15(10-23-25-17)18(24)22-8-7-11-1-3-12(20)4-2-11/h1-6,9-10H,7-8H2,(H,22,24). The van der Waals surface area contributed by atoms with Crippen LogP contribution in [0.1, 0.15) is 15.9 Å². The molecule has 0 atom stereocenters. The predicted octanol–water partition coefficient (Wildman–Crippen LogP) is 4.25. The fourth-order valence-electron chi connectivity index (χ4n) is 2.34. The summed E-state index contributed by atoms with van der Waals surface area (Å²) < 4.78 is 31.1. The molecule has 0 saturated carbocycles. The van der Waals surface area contributed by atoms with Gasteiger partial charge in [0.1, 0.15) is 17.2 Å². The van der Waals surface area contributed by atoms with E-state index in [4.69, 9.17) is 16.1 Å². The van der Waals surface area contributed by atoms with Crippen LogP contribution in [0.4, 0.5) is 8.78 Å². The molecule has 3 rings (SSSR count). The van der Waals surface area contributed by atoms with E-state index in [-0.39, 0.29) is 22.2 Å². The fourth-order valence-corrected chi connectivity index (χ4v) is 2.59. The van der Waals surface area contributed by atoms with E-state index in [1.807, 2.05) is 0 Å². The summed E-state index contributed by atoms with van der Waals surface area (Å²) in [5.41, 5.74) is 1.48. The van der Waals surface area contributed by atoms with E-state index in [2.05, 4.69) is 10.5 Å². The number of halogens is 3. The number of carbonyl (C=O) groups excluding carboxylic acids is 1. The largest absolute Gasteiger partial charge is 0.355 e. The van der Waals surface area contributed by atoms with E-state index in [0.717, 1.165) is 11.6 Å². The van der Waals surface area contributed by atoms with Crippen molar-refractivity contribution in [3.63, 3.8) is 0 Å². The number of nitrogens with zero attached hydrogens (tertiary/aromatic N) is 1. The van der Waals surface area contributed by atoms with E-state index in [9.17, 15) is 13.6 Å². The average Bonchev–Trinajstić information content (AvgIpc) is 3.06. The smallest absolute Gasteiger partial charge is 0.256 e. The lowest BCUT2D eigenvalue weighted by atomic mass is 10.1. The van der Waals surface area contributed by atoms with Crippen LogP contribution in [0.15, 0.2) is 53.2 Å². The maximum absolute atomic E-state index is 13.2. The van der Waals surface area contributed by atoms with Crippen LogP contribution < -0.4 is 5.32 Å². The SMILES string of the molecule is O=C(NCCc1ccc(F)cc1)c1cnoc1-c1ccc(F)cc1Cl. The molecule has 7 heteroatoms. The maximum atomic E-state index is 13.2. The quantitative estimate of drug-likeness (QED) is 0.738. The summed E-state index contributed by atoms with van der Waals surface area (Å²) in [6.45, 7) is 0.353. The number of carbonyl (C=O) groups is 1. The molecule has 1 aromatic heterocycles. The minimum Gasteiger partial charge on any atom is -0.355 e. The van der Waals surface area contributed by atoms with E-state index in [0.29, 0.717) is 18.5 Å². The summed E-state index contributed by atoms with van der Waals surface area (Å²) in [7, 11) is 0. The van der Waals surface area contributed by atoms with Gasteiger partial charge in [-0.05, 0) is 42.3 Å². The molecule has 0 aliphatic carbocycles. The molecule has 4 nitrogen and oxygen atoms in total. The number of benzene rings is 2. The second kappa shape index (κ2) is 7.44. The first-order valence-corrected chi connectivity index (χ1v) is 7.85. The molecule has 2 aromatic carbocycles. The number of aromatic nitrogens is 1. The molecule has 1 heterocycles. The highest BCUT2D eigenvalue weighted by molar-refractivity contribution is 6.33. The molecule has 1 amide bonds. The highest BCUT2D eigenvalue weighted by Gasteiger charge is 2.19. The van der Waals surface area contributed by atoms with Crippen LogP contribution >= 0.6 is 11.6 Å². The van der Waals surface area contributed by atoms with Crippen LogP contribution in [0.3, 0.4) is 0 Å². The molecule has 25 heavy (non-hydrogen) atoms. The van der Waals surface area contributed by atoms with Crippen molar-refractivity contribution in [1.29, 1.82) is 0 Å². The van der Waals surface area contributed by atoms with Crippen molar-refractivity contribution < 1.29 is 18.1 Å². The molecule has 0 aliphatic rings. The van der Waals surface area contributed by atoms with E-state index >= 15 is 0 Å². The second-order valence-corrected chi connectivity index (χ2v) is 5.73. The molecular weight excluding hydrogens is 350 g/mol. The van der Waals surface area contributed by atoms with Gasteiger partial charge in [0.05, 0.1) is 11.2 Å². The summed E-state index contributed by atoms with van der Waals surface area (Å²) in [6, 6.07) is 9.83. The number of hydrogen-bond acceptors (Lipinski definition) is 3. The van der Waals surface area contributed by atoms with Gasteiger partial charge < -0.3 is 9.84 Å². The topological polar surface area (TPSA) is 55.1 Å². The Kier molecular flexibility index (Phi) is 5.09. The van der Waals surface area contributed by atoms with Crippen LogP contribution in [-0.4, -0.2) is 17.6 Å². The van der Waals surface area contributed by atoms with E-state index < -0.39 is 11.7 Å². The first kappa shape index (κ1) is 17.1. The first-order valence-electron chi connectivity index (χ1n) is 7.47. The fraction of sp³-hybridized carbons (Fsp3) is 0.111. The molecule has 0 bridgehead atoms. The van der Waals surface area contributed by atoms with E-state index in [1.165, 1.54) is 30.5 Å². The summed E-state index contributed by atoms with van der Waals surface area (Å²) in [5.74, 6) is -1.01. The van der Waals surface area contributed by atoms with Gasteiger partial charge in [0, 0.05) is 12.1 Å². The Morgan fingerprint density at radius 3 is 2.56 bits per heavy atom. The Morgan fingerprint density at radius 1 is 1.12 bits per heavy atom. The third kappa shape index (κ3) is 4.03. The summed E-state index contributed by atoms with van der Waals surface area (Å²) in [5, 5.41) is 6.49. The van der Waals surface area contributed by atoms with Crippen LogP contribution in [-0.2, 0) is 6.42 Å². The monoisotopic (exact) mass is 362 g/mol. The van der Waals surface area contributed by atoms with Gasteiger partial charge in [0.15, 0.2) is 5.76 Å². The number of hydrogen-bond donors (Lipinski definition) is 1. The van der Waals surface area contributed by atoms with Crippen molar-refractivity contribution in [3.05, 3.63) is 76.4 Å². The van der Waals surface area contributed by atoms with Crippen molar-refractivity contribution in [2.24, 2.45) is 0 Å². The molecule has 0 unspecified atom stereocenters. The molecule has 0 fully saturated rings. The predicted molar refractivity (Wildman–Crippen MR) is 89.3 cm³/mol. The van der Waals surface area contributed by atoms with Crippen molar-refractivity contribution in [2.45, 2.75) is 6.42 Å². The van der Waals surface area contributed by atoms with Crippen molar-refractivity contribution in [3.8, 4) is 11.3 Å². The van der Waals surface area contributed by atoms with Crippen molar-refractivity contribution in [1.82, 2.24) is 10.5 Å². The molecule has 0 aliphatic heterocycles. The number of nitrogens with one attached hydrogen (secondary N) is 1. The zero-order chi connectivity index (χ0) is 17.8. The van der Waals surface area contributed by atoms with Gasteiger partial charge in [0.25, 0.3) is 5.91 Å². The lowest BCUT2D eigenvalue weighted by Gasteiger charge is -2.06. The molecular formula is C18H13ClF2N2O2. The lowest BCUT2D eigenvalue weighted by Crippen LogP contribution is -2.25. The molecule has 0 radical (unpaired) electrons. The summed E-state index contributed by atoms with van der Waals surface area (Å²) in [6.07, 6.45) is 1.83. The van der Waals surface area contributed by atoms with Crippen LogP contribution in [0, 0.1) is 11.6 Å². The lowest BCUT2D eigenvalue weighted by molar-refractivity contribution is 0.0954. The highest BCUT2D eigenvalue weighted by atomic mass is 35.5. The molecule has 128 valence electrons. The first-order chi connectivity index (χ1) is 12.0. The van der Waals surface area contributed by atoms with Gasteiger partial charge in [0.2, 0.25) is 0 Å². The van der Waals surface area contributed by atoms with Crippen molar-refractivity contribution in [2.75, 3.05) is 6.54 Å². The zero-order valence-corrected chi connectivity index (χ0v) is 13.7. The third-order valence-corrected chi connectivity index (χ3v) is 3.92. The Hall–Kier alpha value is -2.73. The van der Waals surface area contributed by atoms with Gasteiger partial charge in [-0.1, -0.05) is 28.9 Å². The Labute approximate surface area is 147 Å². The third-order valence-electron chi connectivity index (χ3n) is 3.60. The Morgan fingerprint density at radius 2 is 1.84 bits per heavy atom. The summed E-state index contributed by atoms with van der Waals surface area (Å²) in [4.78, 5) is 12.3. The molecule has 3 aromatic rings. The minimum atomic E-state index is -0.487. The molecule has 0 saturated heterocycles. The van der Waals surface area contributed by atoms with Gasteiger partial charge >= 0.3 is 0 Å². The van der Waals surface area contributed by atoms with Gasteiger partial charge in [-0.3, -0.25) is 4.79 Å². The highest BCUT2D eigenvalue weighted by Crippen LogP contribution is 2.31. The maximum Gasteiger partial charge on any atom is 0.256 e. The van der Waals surface area contributed by atoms with Crippen LogP contribution in [0.5, 0.6) is 0 Å². The van der Waals surface area contributed by atoms with Crippen LogP contribution in [0.25, 0.3) is 11.3 Å². The van der Waals surface area contributed by atoms with Gasteiger partial charge in [-0.15, -0.1) is 0 Å². The molecule has 1 N–H and O–H groups in total. The number of rotatable bonds is 5. The zero-order valence-electron chi connectivity index (χ0n) is 12.9. The van der Waals surface area contributed by atoms with Crippen LogP contribution in [0.2, 0.25) is 5.02 Å². The van der Waals surface area contributed by atoms with Crippen molar-refractivity contribution >= 4 is 17.5 Å². The normalized spacial score (nSPS) is 10.7. The molecule has 0 spiro atoms. The van der Waals surface area contributed by atoms with E-state index in [1.54, 1.807) is 12.1 Å². The Bertz CT molecular complexity index is 894. The Balaban J connectivity index is 1.69. The minimum absolute atomic E-state index is 0.122. The van der Waals surface area contributed by atoms with Gasteiger partial charge in [-0.2, -0.15) is 0 Å². The van der Waals surface area contributed by atoms with Gasteiger partial charge in [-0.25, -0.2) is 8.78 Å².